The van der Waals surface area contributed by atoms with Crippen LogP contribution in [0.5, 0.6) is 0 Å². The van der Waals surface area contributed by atoms with Crippen LogP contribution in [0.15, 0.2) is 79.1 Å². The molecule has 0 aliphatic rings. The standard InChI is InChI=1S/C22H22F2O/c1-5-19(20-11-6-16(2)7-12-20)13-10-18(4)25-22(23,24)21-14-8-17(3)9-15-21/h5-15H,1H2,2-4H3/b18-10+,19-13+. The summed E-state index contributed by atoms with van der Waals surface area (Å²) < 4.78 is 33.3. The molecule has 0 bridgehead atoms. The van der Waals surface area contributed by atoms with Crippen molar-refractivity contribution in [3.05, 3.63) is 101 Å². The van der Waals surface area contributed by atoms with Crippen molar-refractivity contribution in [2.75, 3.05) is 0 Å². The molecule has 0 aliphatic carbocycles. The van der Waals surface area contributed by atoms with Gasteiger partial charge in [0.2, 0.25) is 0 Å². The van der Waals surface area contributed by atoms with Crippen molar-refractivity contribution in [3.63, 3.8) is 0 Å². The maximum Gasteiger partial charge on any atom is 0.426 e. The number of ether oxygens (including phenoxy) is 1. The molecular formula is C22H22F2O. The van der Waals surface area contributed by atoms with Gasteiger partial charge in [-0.15, -0.1) is 0 Å². The first-order valence-electron chi connectivity index (χ1n) is 8.04. The van der Waals surface area contributed by atoms with Gasteiger partial charge < -0.3 is 4.74 Å². The summed E-state index contributed by atoms with van der Waals surface area (Å²) in [5.74, 6) is 0.122. The number of aryl methyl sites for hydroxylation is 2. The molecule has 0 atom stereocenters. The number of halogens is 2. The number of alkyl halides is 2. The normalized spacial score (nSPS) is 12.8. The molecule has 0 aromatic heterocycles. The highest BCUT2D eigenvalue weighted by Crippen LogP contribution is 2.32. The smallest absolute Gasteiger partial charge is 0.426 e. The SMILES string of the molecule is C=C/C(=C\C=C(/C)OC(F)(F)c1ccc(C)cc1)c1ccc(C)cc1. The minimum atomic E-state index is -3.37. The fourth-order valence-corrected chi connectivity index (χ4v) is 2.28. The predicted molar refractivity (Wildman–Crippen MR) is 99.3 cm³/mol. The Morgan fingerprint density at radius 3 is 1.96 bits per heavy atom. The summed E-state index contributed by atoms with van der Waals surface area (Å²) in [6.07, 6.45) is 1.56. The summed E-state index contributed by atoms with van der Waals surface area (Å²) in [6.45, 7) is 9.14. The first kappa shape index (κ1) is 18.7. The molecule has 0 heterocycles. The second-order valence-electron chi connectivity index (χ2n) is 5.95. The van der Waals surface area contributed by atoms with Gasteiger partial charge in [-0.1, -0.05) is 66.3 Å². The van der Waals surface area contributed by atoms with Crippen LogP contribution in [0.3, 0.4) is 0 Å². The van der Waals surface area contributed by atoms with Crippen LogP contribution < -0.4 is 0 Å². The molecule has 0 aliphatic heterocycles. The Morgan fingerprint density at radius 2 is 1.44 bits per heavy atom. The van der Waals surface area contributed by atoms with Crippen LogP contribution in [-0.2, 0) is 10.8 Å². The van der Waals surface area contributed by atoms with E-state index in [0.29, 0.717) is 0 Å². The summed E-state index contributed by atoms with van der Waals surface area (Å²) in [4.78, 5) is 0. The van der Waals surface area contributed by atoms with E-state index in [1.54, 1.807) is 24.3 Å². The van der Waals surface area contributed by atoms with Gasteiger partial charge in [-0.3, -0.25) is 0 Å². The number of benzene rings is 2. The van der Waals surface area contributed by atoms with Gasteiger partial charge in [-0.2, -0.15) is 8.78 Å². The fourth-order valence-electron chi connectivity index (χ4n) is 2.28. The van der Waals surface area contributed by atoms with Gasteiger partial charge >= 0.3 is 6.11 Å². The van der Waals surface area contributed by atoms with Crippen LogP contribution in [0.1, 0.15) is 29.2 Å². The van der Waals surface area contributed by atoms with Gasteiger partial charge in [-0.25, -0.2) is 0 Å². The molecule has 3 heteroatoms. The average molecular weight is 340 g/mol. The largest absolute Gasteiger partial charge is 0.434 e. The molecule has 0 saturated carbocycles. The summed E-state index contributed by atoms with van der Waals surface area (Å²) in [5.41, 5.74) is 3.71. The van der Waals surface area contributed by atoms with E-state index in [4.69, 9.17) is 4.74 Å². The van der Waals surface area contributed by atoms with Crippen LogP contribution in [0, 0.1) is 13.8 Å². The molecule has 130 valence electrons. The number of hydrogen-bond acceptors (Lipinski definition) is 1. The lowest BCUT2D eigenvalue weighted by Crippen LogP contribution is -2.17. The van der Waals surface area contributed by atoms with E-state index in [1.807, 2.05) is 38.1 Å². The molecule has 0 fully saturated rings. The molecule has 2 aromatic rings. The van der Waals surface area contributed by atoms with E-state index in [9.17, 15) is 8.78 Å². The van der Waals surface area contributed by atoms with Gasteiger partial charge in [0.1, 0.15) is 5.76 Å². The molecule has 0 amide bonds. The Bertz CT molecular complexity index is 782. The predicted octanol–water partition coefficient (Wildman–Crippen LogP) is 6.54. The van der Waals surface area contributed by atoms with Crippen molar-refractivity contribution < 1.29 is 13.5 Å². The summed E-state index contributed by atoms with van der Waals surface area (Å²) >= 11 is 0. The maximum atomic E-state index is 14.2. The number of rotatable bonds is 6. The summed E-state index contributed by atoms with van der Waals surface area (Å²) in [7, 11) is 0. The molecule has 2 aromatic carbocycles. The maximum absolute atomic E-state index is 14.2. The third-order valence-electron chi connectivity index (χ3n) is 3.78. The summed E-state index contributed by atoms with van der Waals surface area (Å²) in [6, 6.07) is 13.9. The zero-order valence-corrected chi connectivity index (χ0v) is 14.7. The number of allylic oxidation sites excluding steroid dienone is 5. The van der Waals surface area contributed by atoms with Crippen molar-refractivity contribution in [1.29, 1.82) is 0 Å². The Hall–Kier alpha value is -2.68. The molecule has 0 N–H and O–H groups in total. The van der Waals surface area contributed by atoms with Crippen LogP contribution in [0.2, 0.25) is 0 Å². The third-order valence-corrected chi connectivity index (χ3v) is 3.78. The first-order chi connectivity index (χ1) is 11.8. The first-order valence-corrected chi connectivity index (χ1v) is 8.04. The highest BCUT2D eigenvalue weighted by Gasteiger charge is 2.34. The van der Waals surface area contributed by atoms with Gasteiger partial charge in [0.15, 0.2) is 0 Å². The van der Waals surface area contributed by atoms with Crippen LogP contribution >= 0.6 is 0 Å². The van der Waals surface area contributed by atoms with E-state index in [0.717, 1.165) is 22.3 Å². The van der Waals surface area contributed by atoms with Crippen molar-refractivity contribution in [3.8, 4) is 0 Å². The highest BCUT2D eigenvalue weighted by molar-refractivity contribution is 5.74. The van der Waals surface area contributed by atoms with Crippen molar-refractivity contribution in [1.82, 2.24) is 0 Å². The van der Waals surface area contributed by atoms with E-state index in [2.05, 4.69) is 6.58 Å². The second-order valence-corrected chi connectivity index (χ2v) is 5.95. The van der Waals surface area contributed by atoms with Crippen LogP contribution in [0.25, 0.3) is 5.57 Å². The molecule has 1 nitrogen and oxygen atoms in total. The lowest BCUT2D eigenvalue weighted by molar-refractivity contribution is -0.223. The molecular weight excluding hydrogens is 318 g/mol. The van der Waals surface area contributed by atoms with E-state index >= 15 is 0 Å². The highest BCUT2D eigenvalue weighted by atomic mass is 19.3. The minimum absolute atomic E-state index is 0.122. The second kappa shape index (κ2) is 7.93. The van der Waals surface area contributed by atoms with Crippen LogP contribution in [-0.4, -0.2) is 0 Å². The minimum Gasteiger partial charge on any atom is -0.434 e. The fraction of sp³-hybridized carbons (Fsp3) is 0.182. The Morgan fingerprint density at radius 1 is 0.920 bits per heavy atom. The lowest BCUT2D eigenvalue weighted by Gasteiger charge is -2.18. The third kappa shape index (κ3) is 5.15. The lowest BCUT2D eigenvalue weighted by atomic mass is 10.0. The number of hydrogen-bond donors (Lipinski definition) is 0. The van der Waals surface area contributed by atoms with Crippen molar-refractivity contribution in [2.24, 2.45) is 0 Å². The van der Waals surface area contributed by atoms with E-state index < -0.39 is 6.11 Å². The molecule has 0 spiro atoms. The van der Waals surface area contributed by atoms with Crippen LogP contribution in [0.4, 0.5) is 8.78 Å². The topological polar surface area (TPSA) is 9.23 Å². The Balaban J connectivity index is 2.17. The molecule has 2 rings (SSSR count). The van der Waals surface area contributed by atoms with Crippen molar-refractivity contribution in [2.45, 2.75) is 26.9 Å². The Labute approximate surface area is 148 Å². The molecule has 0 saturated heterocycles. The van der Waals surface area contributed by atoms with Gasteiger partial charge in [0, 0.05) is 0 Å². The molecule has 0 unspecified atom stereocenters. The van der Waals surface area contributed by atoms with E-state index in [-0.39, 0.29) is 11.3 Å². The Kier molecular flexibility index (Phi) is 5.92. The average Bonchev–Trinajstić information content (AvgIpc) is 2.57. The monoisotopic (exact) mass is 340 g/mol. The van der Waals surface area contributed by atoms with Gasteiger partial charge in [0.05, 0.1) is 5.56 Å². The van der Waals surface area contributed by atoms with Gasteiger partial charge in [0.25, 0.3) is 0 Å². The van der Waals surface area contributed by atoms with Crippen molar-refractivity contribution >= 4 is 5.57 Å². The molecule has 25 heavy (non-hydrogen) atoms. The quantitative estimate of drug-likeness (QED) is 0.428. The van der Waals surface area contributed by atoms with E-state index in [1.165, 1.54) is 25.1 Å². The van der Waals surface area contributed by atoms with Gasteiger partial charge in [-0.05, 0) is 50.1 Å². The molecule has 0 radical (unpaired) electrons. The summed E-state index contributed by atoms with van der Waals surface area (Å²) in [5, 5.41) is 0. The zero-order chi connectivity index (χ0) is 18.4. The zero-order valence-electron chi connectivity index (χ0n) is 14.7.